The van der Waals surface area contributed by atoms with Crippen molar-refractivity contribution in [2.75, 3.05) is 46.3 Å². The first-order chi connectivity index (χ1) is 11.3. The second kappa shape index (κ2) is 12.3. The van der Waals surface area contributed by atoms with Crippen LogP contribution < -0.4 is 10.6 Å². The standard InChI is InChI=1S/C18H37N5.HI/c1-4-12-22(5-2)14-11-20-18(19-3)21-16-10-13-23(15-16)17-8-6-7-9-17;/h16-17H,4-15H2,1-3H3,(H2,19,20,21);1H. The molecule has 1 saturated carbocycles. The van der Waals surface area contributed by atoms with Gasteiger partial charge in [0.25, 0.3) is 0 Å². The lowest BCUT2D eigenvalue weighted by molar-refractivity contribution is 0.242. The Hall–Kier alpha value is -0.0800. The second-order valence-electron chi connectivity index (χ2n) is 7.00. The molecular formula is C18H38IN5. The number of nitrogens with one attached hydrogen (secondary N) is 2. The van der Waals surface area contributed by atoms with Crippen LogP contribution in [0.2, 0.25) is 0 Å². The Kier molecular flexibility index (Phi) is 11.3. The molecule has 2 fully saturated rings. The summed E-state index contributed by atoms with van der Waals surface area (Å²) in [5.74, 6) is 0.968. The van der Waals surface area contributed by atoms with Gasteiger partial charge in [-0.2, -0.15) is 0 Å². The number of likely N-dealkylation sites (N-methyl/N-ethyl adjacent to an activating group) is 1. The number of likely N-dealkylation sites (tertiary alicyclic amines) is 1. The first kappa shape index (κ1) is 22.0. The summed E-state index contributed by atoms with van der Waals surface area (Å²) in [4.78, 5) is 9.58. The third-order valence-electron chi connectivity index (χ3n) is 5.33. The minimum atomic E-state index is 0. The molecule has 1 aliphatic heterocycles. The second-order valence-corrected chi connectivity index (χ2v) is 7.00. The molecule has 1 aliphatic carbocycles. The first-order valence-electron chi connectivity index (χ1n) is 9.70. The molecule has 2 N–H and O–H groups in total. The maximum absolute atomic E-state index is 4.40. The van der Waals surface area contributed by atoms with Gasteiger partial charge in [0.1, 0.15) is 0 Å². The summed E-state index contributed by atoms with van der Waals surface area (Å²) in [6.45, 7) is 11.3. The van der Waals surface area contributed by atoms with Gasteiger partial charge in [0.15, 0.2) is 5.96 Å². The smallest absolute Gasteiger partial charge is 0.191 e. The van der Waals surface area contributed by atoms with Crippen LogP contribution in [-0.4, -0.2) is 74.2 Å². The Morgan fingerprint density at radius 2 is 1.92 bits per heavy atom. The quantitative estimate of drug-likeness (QED) is 0.338. The van der Waals surface area contributed by atoms with Gasteiger partial charge in [-0.1, -0.05) is 26.7 Å². The van der Waals surface area contributed by atoms with Crippen molar-refractivity contribution >= 4 is 29.9 Å². The van der Waals surface area contributed by atoms with Crippen molar-refractivity contribution in [2.45, 2.75) is 64.5 Å². The van der Waals surface area contributed by atoms with Gasteiger partial charge in [-0.3, -0.25) is 9.89 Å². The van der Waals surface area contributed by atoms with Crippen molar-refractivity contribution < 1.29 is 0 Å². The van der Waals surface area contributed by atoms with Crippen molar-refractivity contribution in [2.24, 2.45) is 4.99 Å². The topological polar surface area (TPSA) is 42.9 Å². The molecule has 6 heteroatoms. The number of halogens is 1. The number of aliphatic imine (C=N–C) groups is 1. The van der Waals surface area contributed by atoms with Crippen LogP contribution in [-0.2, 0) is 0 Å². The summed E-state index contributed by atoms with van der Waals surface area (Å²) < 4.78 is 0. The summed E-state index contributed by atoms with van der Waals surface area (Å²) in [6.07, 6.45) is 8.13. The monoisotopic (exact) mass is 451 g/mol. The normalized spacial score (nSPS) is 22.8. The van der Waals surface area contributed by atoms with Crippen molar-refractivity contribution in [3.05, 3.63) is 0 Å². The van der Waals surface area contributed by atoms with Gasteiger partial charge in [-0.05, 0) is 38.8 Å². The number of rotatable bonds is 8. The van der Waals surface area contributed by atoms with Gasteiger partial charge < -0.3 is 15.5 Å². The first-order valence-corrected chi connectivity index (χ1v) is 9.70. The SMILES string of the molecule is CCCN(CC)CCNC(=NC)NC1CCN(C2CCCC2)C1.I. The maximum atomic E-state index is 4.40. The van der Waals surface area contributed by atoms with E-state index in [1.54, 1.807) is 0 Å². The highest BCUT2D eigenvalue weighted by atomic mass is 127. The summed E-state index contributed by atoms with van der Waals surface area (Å²) in [6, 6.07) is 1.41. The van der Waals surface area contributed by atoms with E-state index in [0.717, 1.165) is 31.6 Å². The number of nitrogens with zero attached hydrogens (tertiary/aromatic N) is 3. The summed E-state index contributed by atoms with van der Waals surface area (Å²) in [7, 11) is 1.88. The van der Waals surface area contributed by atoms with Crippen molar-refractivity contribution in [1.82, 2.24) is 20.4 Å². The van der Waals surface area contributed by atoms with E-state index in [-0.39, 0.29) is 24.0 Å². The minimum absolute atomic E-state index is 0. The van der Waals surface area contributed by atoms with E-state index in [1.807, 2.05) is 7.05 Å². The molecule has 2 aliphatic rings. The van der Waals surface area contributed by atoms with Crippen molar-refractivity contribution in [1.29, 1.82) is 0 Å². The molecule has 0 aromatic rings. The molecule has 142 valence electrons. The lowest BCUT2D eigenvalue weighted by atomic mass is 10.2. The minimum Gasteiger partial charge on any atom is -0.355 e. The molecule has 0 aromatic heterocycles. The van der Waals surface area contributed by atoms with Crippen LogP contribution in [0.4, 0.5) is 0 Å². The number of hydrogen-bond acceptors (Lipinski definition) is 3. The fourth-order valence-corrected chi connectivity index (χ4v) is 3.97. The largest absolute Gasteiger partial charge is 0.355 e. The van der Waals surface area contributed by atoms with Crippen LogP contribution in [0.15, 0.2) is 4.99 Å². The van der Waals surface area contributed by atoms with E-state index in [2.05, 4.69) is 39.3 Å². The molecule has 5 nitrogen and oxygen atoms in total. The predicted molar refractivity (Wildman–Crippen MR) is 115 cm³/mol. The Morgan fingerprint density at radius 3 is 2.54 bits per heavy atom. The van der Waals surface area contributed by atoms with E-state index >= 15 is 0 Å². The zero-order chi connectivity index (χ0) is 16.5. The Bertz CT molecular complexity index is 357. The van der Waals surface area contributed by atoms with Crippen molar-refractivity contribution in [3.63, 3.8) is 0 Å². The van der Waals surface area contributed by atoms with Gasteiger partial charge in [-0.25, -0.2) is 0 Å². The van der Waals surface area contributed by atoms with Crippen molar-refractivity contribution in [3.8, 4) is 0 Å². The zero-order valence-corrected chi connectivity index (χ0v) is 18.2. The van der Waals surface area contributed by atoms with Gasteiger partial charge in [0.2, 0.25) is 0 Å². The molecule has 0 aromatic carbocycles. The highest BCUT2D eigenvalue weighted by Gasteiger charge is 2.30. The molecule has 0 radical (unpaired) electrons. The van der Waals surface area contributed by atoms with Crippen LogP contribution in [0.25, 0.3) is 0 Å². The van der Waals surface area contributed by atoms with E-state index in [9.17, 15) is 0 Å². The number of hydrogen-bond donors (Lipinski definition) is 2. The Morgan fingerprint density at radius 1 is 1.17 bits per heavy atom. The van der Waals surface area contributed by atoms with Gasteiger partial charge in [0, 0.05) is 45.3 Å². The third kappa shape index (κ3) is 7.04. The van der Waals surface area contributed by atoms with E-state index < -0.39 is 0 Å². The highest BCUT2D eigenvalue weighted by Crippen LogP contribution is 2.26. The summed E-state index contributed by atoms with van der Waals surface area (Å²) in [5, 5.41) is 7.10. The fraction of sp³-hybridized carbons (Fsp3) is 0.944. The summed E-state index contributed by atoms with van der Waals surface area (Å²) in [5.41, 5.74) is 0. The van der Waals surface area contributed by atoms with E-state index in [1.165, 1.54) is 58.2 Å². The van der Waals surface area contributed by atoms with E-state index in [4.69, 9.17) is 0 Å². The highest BCUT2D eigenvalue weighted by molar-refractivity contribution is 14.0. The molecule has 1 unspecified atom stereocenters. The van der Waals surface area contributed by atoms with Crippen LogP contribution >= 0.6 is 24.0 Å². The van der Waals surface area contributed by atoms with Gasteiger partial charge >= 0.3 is 0 Å². The van der Waals surface area contributed by atoms with Crippen LogP contribution in [0.5, 0.6) is 0 Å². The molecule has 24 heavy (non-hydrogen) atoms. The zero-order valence-electron chi connectivity index (χ0n) is 15.9. The molecular weight excluding hydrogens is 413 g/mol. The van der Waals surface area contributed by atoms with Gasteiger partial charge in [0.05, 0.1) is 0 Å². The average molecular weight is 451 g/mol. The van der Waals surface area contributed by atoms with Crippen LogP contribution in [0, 0.1) is 0 Å². The molecule has 1 heterocycles. The Balaban J connectivity index is 0.00000288. The molecule has 1 saturated heterocycles. The molecule has 1 atom stereocenters. The third-order valence-corrected chi connectivity index (χ3v) is 5.33. The van der Waals surface area contributed by atoms with Gasteiger partial charge in [-0.15, -0.1) is 24.0 Å². The van der Waals surface area contributed by atoms with E-state index in [0.29, 0.717) is 6.04 Å². The fourth-order valence-electron chi connectivity index (χ4n) is 3.97. The van der Waals surface area contributed by atoms with Crippen LogP contribution in [0.3, 0.4) is 0 Å². The predicted octanol–water partition coefficient (Wildman–Crippen LogP) is 2.52. The Labute approximate surface area is 166 Å². The summed E-state index contributed by atoms with van der Waals surface area (Å²) >= 11 is 0. The maximum Gasteiger partial charge on any atom is 0.191 e. The lowest BCUT2D eigenvalue weighted by Crippen LogP contribution is -2.47. The molecule has 0 amide bonds. The molecule has 2 rings (SSSR count). The lowest BCUT2D eigenvalue weighted by Gasteiger charge is -2.24. The number of guanidine groups is 1. The molecule has 0 spiro atoms. The van der Waals surface area contributed by atoms with Crippen LogP contribution in [0.1, 0.15) is 52.4 Å². The average Bonchev–Trinajstić information content (AvgIpc) is 3.24. The molecule has 0 bridgehead atoms.